The summed E-state index contributed by atoms with van der Waals surface area (Å²) < 4.78 is 37.5. The maximum atomic E-state index is 12.5. The molecule has 0 aliphatic carbocycles. The van der Waals surface area contributed by atoms with Crippen molar-refractivity contribution in [2.45, 2.75) is 0 Å². The van der Waals surface area contributed by atoms with Gasteiger partial charge in [-0.3, -0.25) is 4.90 Å². The number of nitrogens with zero attached hydrogens (tertiary/aromatic N) is 1. The van der Waals surface area contributed by atoms with Crippen molar-refractivity contribution in [3.63, 3.8) is 0 Å². The Labute approximate surface area is 90.3 Å². The molecule has 1 heterocycles. The summed E-state index contributed by atoms with van der Waals surface area (Å²) in [5, 5.41) is 2.54. The molecule has 0 radical (unpaired) electrons. The normalized spacial score (nSPS) is 16.4. The molecule has 0 spiro atoms. The van der Waals surface area contributed by atoms with Gasteiger partial charge in [0, 0.05) is 18.8 Å². The summed E-state index contributed by atoms with van der Waals surface area (Å²) in [4.78, 5) is 12.6. The first-order chi connectivity index (χ1) is 7.48. The highest BCUT2D eigenvalue weighted by molar-refractivity contribution is 6.73. The van der Waals surface area contributed by atoms with Gasteiger partial charge < -0.3 is 18.3 Å². The summed E-state index contributed by atoms with van der Waals surface area (Å²) in [6.45, 7) is -4.16. The molecular formula is C9H9BF3N2O-. The van der Waals surface area contributed by atoms with Gasteiger partial charge >= 0.3 is 13.0 Å². The fourth-order valence-corrected chi connectivity index (χ4v) is 1.61. The van der Waals surface area contributed by atoms with Crippen LogP contribution in [0.1, 0.15) is 0 Å². The van der Waals surface area contributed by atoms with Gasteiger partial charge in [0.2, 0.25) is 0 Å². The van der Waals surface area contributed by atoms with Crippen LogP contribution in [0.2, 0.25) is 0 Å². The van der Waals surface area contributed by atoms with Crippen molar-refractivity contribution in [2.24, 2.45) is 0 Å². The van der Waals surface area contributed by atoms with Gasteiger partial charge in [0.25, 0.3) is 0 Å². The van der Waals surface area contributed by atoms with Gasteiger partial charge in [-0.1, -0.05) is 18.2 Å². The topological polar surface area (TPSA) is 32.3 Å². The van der Waals surface area contributed by atoms with Crippen molar-refractivity contribution in [1.82, 2.24) is 5.32 Å². The summed E-state index contributed by atoms with van der Waals surface area (Å²) in [6, 6.07) is 4.47. The van der Waals surface area contributed by atoms with Crippen LogP contribution in [0.4, 0.5) is 23.4 Å². The van der Waals surface area contributed by atoms with Crippen LogP contribution in [0.5, 0.6) is 0 Å². The zero-order chi connectivity index (χ0) is 11.8. The van der Waals surface area contributed by atoms with Crippen LogP contribution < -0.4 is 15.7 Å². The Morgan fingerprint density at radius 1 is 1.31 bits per heavy atom. The fraction of sp³-hybridized carbons (Fsp3) is 0.222. The van der Waals surface area contributed by atoms with E-state index in [2.05, 4.69) is 5.32 Å². The maximum Gasteiger partial charge on any atom is 0.509 e. The molecule has 1 aromatic rings. The number of anilines is 1. The Hall–Kier alpha value is -1.66. The van der Waals surface area contributed by atoms with Gasteiger partial charge in [-0.05, 0) is 6.07 Å². The van der Waals surface area contributed by atoms with Gasteiger partial charge in [0.1, 0.15) is 0 Å². The molecular weight excluding hydrogens is 220 g/mol. The number of hydrogen-bond donors (Lipinski definition) is 1. The number of urea groups is 1. The maximum absolute atomic E-state index is 12.5. The predicted octanol–water partition coefficient (Wildman–Crippen LogP) is 1.27. The summed E-state index contributed by atoms with van der Waals surface area (Å²) in [5.41, 5.74) is -0.399. The van der Waals surface area contributed by atoms with Crippen molar-refractivity contribution in [2.75, 3.05) is 18.0 Å². The van der Waals surface area contributed by atoms with Crippen molar-refractivity contribution in [1.29, 1.82) is 0 Å². The molecule has 3 nitrogen and oxygen atoms in total. The van der Waals surface area contributed by atoms with Crippen LogP contribution in [-0.4, -0.2) is 26.1 Å². The first kappa shape index (κ1) is 10.8. The lowest BCUT2D eigenvalue weighted by molar-refractivity contribution is 0.252. The summed E-state index contributed by atoms with van der Waals surface area (Å²) in [6.07, 6.45) is 0. The van der Waals surface area contributed by atoms with E-state index in [4.69, 9.17) is 0 Å². The number of amides is 2. The van der Waals surface area contributed by atoms with Crippen molar-refractivity contribution < 1.29 is 17.7 Å². The Kier molecular flexibility index (Phi) is 2.53. The Bertz CT molecular complexity index is 421. The quantitative estimate of drug-likeness (QED) is 0.761. The van der Waals surface area contributed by atoms with Crippen molar-refractivity contribution in [3.8, 4) is 0 Å². The van der Waals surface area contributed by atoms with E-state index in [0.29, 0.717) is 13.1 Å². The van der Waals surface area contributed by atoms with Gasteiger partial charge in [-0.2, -0.15) is 0 Å². The summed E-state index contributed by atoms with van der Waals surface area (Å²) in [5.74, 6) is 0. The van der Waals surface area contributed by atoms with E-state index in [1.807, 2.05) is 0 Å². The van der Waals surface area contributed by atoms with Crippen molar-refractivity contribution in [3.05, 3.63) is 24.3 Å². The smallest absolute Gasteiger partial charge is 0.445 e. The van der Waals surface area contributed by atoms with E-state index in [9.17, 15) is 17.7 Å². The standard InChI is InChI=1S/C9H9BF3N2O/c11-10(12,13)7-2-1-3-8(6-7)15-5-4-14-9(15)16/h1-3,6H,4-5H2,(H,14,16)/q-1. The van der Waals surface area contributed by atoms with Crippen LogP contribution in [0.25, 0.3) is 0 Å². The highest BCUT2D eigenvalue weighted by Gasteiger charge is 2.27. The third-order valence-corrected chi connectivity index (χ3v) is 2.42. The minimum Gasteiger partial charge on any atom is -0.445 e. The Morgan fingerprint density at radius 2 is 2.06 bits per heavy atom. The lowest BCUT2D eigenvalue weighted by atomic mass is 9.80. The molecule has 1 saturated heterocycles. The lowest BCUT2D eigenvalue weighted by Crippen LogP contribution is -2.35. The highest BCUT2D eigenvalue weighted by Crippen LogP contribution is 2.17. The molecule has 0 bridgehead atoms. The molecule has 1 aromatic carbocycles. The minimum absolute atomic E-state index is 0.284. The number of nitrogens with one attached hydrogen (secondary N) is 1. The predicted molar refractivity (Wildman–Crippen MR) is 55.9 cm³/mol. The molecule has 1 aliphatic rings. The molecule has 0 atom stereocenters. The van der Waals surface area contributed by atoms with Crippen LogP contribution in [0.3, 0.4) is 0 Å². The van der Waals surface area contributed by atoms with Crippen LogP contribution in [0.15, 0.2) is 24.3 Å². The highest BCUT2D eigenvalue weighted by atomic mass is 19.4. The fourth-order valence-electron chi connectivity index (χ4n) is 1.61. The number of benzene rings is 1. The van der Waals surface area contributed by atoms with Crippen LogP contribution in [-0.2, 0) is 0 Å². The van der Waals surface area contributed by atoms with E-state index >= 15 is 0 Å². The van der Waals surface area contributed by atoms with Gasteiger partial charge in [-0.15, -0.1) is 5.46 Å². The largest absolute Gasteiger partial charge is 0.509 e. The molecule has 0 aromatic heterocycles. The Balaban J connectivity index is 2.32. The molecule has 1 fully saturated rings. The van der Waals surface area contributed by atoms with E-state index in [1.54, 1.807) is 0 Å². The van der Waals surface area contributed by atoms with E-state index in [1.165, 1.54) is 17.0 Å². The minimum atomic E-state index is -5.02. The van der Waals surface area contributed by atoms with Crippen LogP contribution >= 0.6 is 0 Å². The average molecular weight is 229 g/mol. The molecule has 7 heteroatoms. The molecule has 1 N–H and O–H groups in total. The van der Waals surface area contributed by atoms with Crippen molar-refractivity contribution >= 4 is 24.2 Å². The molecule has 16 heavy (non-hydrogen) atoms. The average Bonchev–Trinajstić information content (AvgIpc) is 2.63. The third kappa shape index (κ3) is 1.98. The van der Waals surface area contributed by atoms with E-state index in [0.717, 1.165) is 12.1 Å². The zero-order valence-corrected chi connectivity index (χ0v) is 8.29. The molecule has 1 aliphatic heterocycles. The zero-order valence-electron chi connectivity index (χ0n) is 8.29. The second-order valence-corrected chi connectivity index (χ2v) is 3.55. The molecule has 0 saturated carbocycles. The number of hydrogen-bond acceptors (Lipinski definition) is 1. The van der Waals surface area contributed by atoms with Gasteiger partial charge in [0.05, 0.1) is 0 Å². The molecule has 2 amide bonds. The lowest BCUT2D eigenvalue weighted by Gasteiger charge is -2.19. The second-order valence-electron chi connectivity index (χ2n) is 3.55. The van der Waals surface area contributed by atoms with E-state index in [-0.39, 0.29) is 11.7 Å². The Morgan fingerprint density at radius 3 is 2.62 bits per heavy atom. The van der Waals surface area contributed by atoms with E-state index < -0.39 is 12.4 Å². The number of halogens is 3. The summed E-state index contributed by atoms with van der Waals surface area (Å²) in [7, 11) is 0. The first-order valence-electron chi connectivity index (χ1n) is 4.84. The molecule has 0 unspecified atom stereocenters. The number of carbonyl (C=O) groups is 1. The molecule has 86 valence electrons. The first-order valence-corrected chi connectivity index (χ1v) is 4.84. The number of carbonyl (C=O) groups excluding carboxylic acids is 1. The third-order valence-electron chi connectivity index (χ3n) is 2.42. The van der Waals surface area contributed by atoms with Crippen LogP contribution in [0, 0.1) is 0 Å². The number of rotatable bonds is 2. The van der Waals surface area contributed by atoms with Gasteiger partial charge in [-0.25, -0.2) is 4.79 Å². The monoisotopic (exact) mass is 229 g/mol. The molecule has 2 rings (SSSR count). The summed E-state index contributed by atoms with van der Waals surface area (Å²) >= 11 is 0. The second kappa shape index (κ2) is 3.73. The SMILES string of the molecule is O=C1NCCN1c1cccc([B-](F)(F)F)c1. The van der Waals surface area contributed by atoms with Gasteiger partial charge in [0.15, 0.2) is 0 Å².